The Hall–Kier alpha value is -1.64. The second-order valence-corrected chi connectivity index (χ2v) is 6.01. The fourth-order valence-corrected chi connectivity index (χ4v) is 3.24. The zero-order valence-corrected chi connectivity index (χ0v) is 12.3. The third kappa shape index (κ3) is 2.87. The molecule has 0 nitrogen and oxygen atoms in total. The predicted octanol–water partition coefficient (Wildman–Crippen LogP) is 3.94. The average Bonchev–Trinajstić information content (AvgIpc) is 2.54. The van der Waals surface area contributed by atoms with Gasteiger partial charge >= 0.3 is 0 Å². The molecule has 2 aromatic rings. The SMILES string of the molecule is Bc1ccc(-c2ccc(C3CCCCC3)cc2)c(F)c1F. The van der Waals surface area contributed by atoms with Gasteiger partial charge in [0.15, 0.2) is 11.6 Å². The number of benzene rings is 2. The molecule has 21 heavy (non-hydrogen) atoms. The van der Waals surface area contributed by atoms with E-state index in [9.17, 15) is 8.78 Å². The van der Waals surface area contributed by atoms with Gasteiger partial charge in [-0.15, -0.1) is 0 Å². The quantitative estimate of drug-likeness (QED) is 0.733. The van der Waals surface area contributed by atoms with Crippen molar-refractivity contribution in [3.8, 4) is 11.1 Å². The highest BCUT2D eigenvalue weighted by Gasteiger charge is 2.16. The van der Waals surface area contributed by atoms with E-state index >= 15 is 0 Å². The van der Waals surface area contributed by atoms with E-state index in [2.05, 4.69) is 12.1 Å². The molecule has 2 aromatic carbocycles. The third-order valence-corrected chi connectivity index (χ3v) is 4.57. The minimum Gasteiger partial charge on any atom is -0.204 e. The van der Waals surface area contributed by atoms with Crippen LogP contribution in [0.25, 0.3) is 11.1 Å². The van der Waals surface area contributed by atoms with Crippen LogP contribution in [0.1, 0.15) is 43.6 Å². The van der Waals surface area contributed by atoms with Gasteiger partial charge in [-0.3, -0.25) is 0 Å². The van der Waals surface area contributed by atoms with Gasteiger partial charge in [0.25, 0.3) is 0 Å². The van der Waals surface area contributed by atoms with E-state index in [4.69, 9.17) is 0 Å². The van der Waals surface area contributed by atoms with Crippen molar-refractivity contribution in [3.63, 3.8) is 0 Å². The standard InChI is InChI=1S/C18H19BF2/c19-16-11-10-15(17(20)18(16)21)14-8-6-13(7-9-14)12-4-2-1-3-5-12/h6-12H,1-5,19H2. The molecule has 1 aliphatic carbocycles. The van der Waals surface area contributed by atoms with Crippen LogP contribution in [-0.4, -0.2) is 7.85 Å². The molecule has 0 saturated heterocycles. The van der Waals surface area contributed by atoms with Gasteiger partial charge < -0.3 is 0 Å². The van der Waals surface area contributed by atoms with Crippen LogP contribution in [0.5, 0.6) is 0 Å². The van der Waals surface area contributed by atoms with Crippen molar-refractivity contribution in [2.45, 2.75) is 38.0 Å². The van der Waals surface area contributed by atoms with Gasteiger partial charge in [-0.2, -0.15) is 0 Å². The van der Waals surface area contributed by atoms with E-state index in [-0.39, 0.29) is 0 Å². The molecule has 0 amide bonds. The Morgan fingerprint density at radius 1 is 0.810 bits per heavy atom. The molecular formula is C18H19BF2. The van der Waals surface area contributed by atoms with Crippen molar-refractivity contribution in [1.82, 2.24) is 0 Å². The minimum absolute atomic E-state index is 0.341. The number of halogens is 2. The topological polar surface area (TPSA) is 0 Å². The Labute approximate surface area is 125 Å². The molecule has 0 unspecified atom stereocenters. The monoisotopic (exact) mass is 284 g/mol. The summed E-state index contributed by atoms with van der Waals surface area (Å²) in [5, 5.41) is 0. The summed E-state index contributed by atoms with van der Waals surface area (Å²) in [6.07, 6.45) is 6.41. The Kier molecular flexibility index (Phi) is 4.09. The first kappa shape index (κ1) is 14.3. The molecule has 0 aromatic heterocycles. The number of hydrogen-bond donors (Lipinski definition) is 0. The highest BCUT2D eigenvalue weighted by molar-refractivity contribution is 6.32. The Morgan fingerprint density at radius 3 is 2.14 bits per heavy atom. The van der Waals surface area contributed by atoms with Gasteiger partial charge in [-0.25, -0.2) is 8.78 Å². The van der Waals surface area contributed by atoms with E-state index in [1.807, 2.05) is 12.1 Å². The molecule has 1 saturated carbocycles. The normalized spacial score (nSPS) is 16.1. The summed E-state index contributed by atoms with van der Waals surface area (Å²) in [5.41, 5.74) is 2.75. The predicted molar refractivity (Wildman–Crippen MR) is 85.8 cm³/mol. The third-order valence-electron chi connectivity index (χ3n) is 4.57. The molecular weight excluding hydrogens is 265 g/mol. The van der Waals surface area contributed by atoms with Crippen LogP contribution in [0.3, 0.4) is 0 Å². The molecule has 0 N–H and O–H groups in total. The fraction of sp³-hybridized carbons (Fsp3) is 0.333. The van der Waals surface area contributed by atoms with Crippen LogP contribution >= 0.6 is 0 Å². The molecule has 1 fully saturated rings. The molecule has 0 atom stereocenters. The molecule has 1 aliphatic rings. The summed E-state index contributed by atoms with van der Waals surface area (Å²) in [4.78, 5) is 0. The summed E-state index contributed by atoms with van der Waals surface area (Å²) in [6, 6.07) is 11.3. The maximum Gasteiger partial charge on any atom is 0.166 e. The van der Waals surface area contributed by atoms with Gasteiger partial charge in [0.1, 0.15) is 7.85 Å². The zero-order valence-electron chi connectivity index (χ0n) is 12.3. The molecule has 0 aliphatic heterocycles. The Morgan fingerprint density at radius 2 is 1.48 bits per heavy atom. The van der Waals surface area contributed by atoms with Crippen molar-refractivity contribution in [2.75, 3.05) is 0 Å². The smallest absolute Gasteiger partial charge is 0.166 e. The zero-order chi connectivity index (χ0) is 14.8. The summed E-state index contributed by atoms with van der Waals surface area (Å²) < 4.78 is 27.7. The first-order valence-electron chi connectivity index (χ1n) is 7.72. The molecule has 3 rings (SSSR count). The van der Waals surface area contributed by atoms with E-state index in [0.717, 1.165) is 5.56 Å². The molecule has 0 heterocycles. The second-order valence-electron chi connectivity index (χ2n) is 6.01. The summed E-state index contributed by atoms with van der Waals surface area (Å²) in [7, 11) is 1.58. The summed E-state index contributed by atoms with van der Waals surface area (Å²) >= 11 is 0. The van der Waals surface area contributed by atoms with Crippen molar-refractivity contribution >= 4 is 13.3 Å². The van der Waals surface area contributed by atoms with E-state index in [1.165, 1.54) is 37.7 Å². The van der Waals surface area contributed by atoms with Crippen LogP contribution in [0.2, 0.25) is 0 Å². The number of rotatable bonds is 2. The average molecular weight is 284 g/mol. The van der Waals surface area contributed by atoms with Gasteiger partial charge in [-0.05, 0) is 29.9 Å². The van der Waals surface area contributed by atoms with Crippen molar-refractivity contribution < 1.29 is 8.78 Å². The van der Waals surface area contributed by atoms with E-state index in [1.54, 1.807) is 20.0 Å². The van der Waals surface area contributed by atoms with Crippen molar-refractivity contribution in [1.29, 1.82) is 0 Å². The van der Waals surface area contributed by atoms with Crippen LogP contribution in [0, 0.1) is 11.6 Å². The molecule has 0 radical (unpaired) electrons. The second kappa shape index (κ2) is 6.01. The molecule has 0 bridgehead atoms. The highest BCUT2D eigenvalue weighted by atomic mass is 19.2. The van der Waals surface area contributed by atoms with Gasteiger partial charge in [-0.1, -0.05) is 61.1 Å². The van der Waals surface area contributed by atoms with Crippen LogP contribution < -0.4 is 5.46 Å². The van der Waals surface area contributed by atoms with Gasteiger partial charge in [0.05, 0.1) is 0 Å². The van der Waals surface area contributed by atoms with E-state index < -0.39 is 11.6 Å². The maximum absolute atomic E-state index is 14.0. The van der Waals surface area contributed by atoms with Crippen molar-refractivity contribution in [3.05, 3.63) is 53.6 Å². The van der Waals surface area contributed by atoms with Crippen LogP contribution in [-0.2, 0) is 0 Å². The summed E-state index contributed by atoms with van der Waals surface area (Å²) in [6.45, 7) is 0. The fourth-order valence-electron chi connectivity index (χ4n) is 3.24. The maximum atomic E-state index is 14.0. The lowest BCUT2D eigenvalue weighted by Gasteiger charge is -2.22. The van der Waals surface area contributed by atoms with Gasteiger partial charge in [0, 0.05) is 5.56 Å². The lowest BCUT2D eigenvalue weighted by molar-refractivity contribution is 0.443. The highest BCUT2D eigenvalue weighted by Crippen LogP contribution is 2.33. The van der Waals surface area contributed by atoms with Crippen LogP contribution in [0.4, 0.5) is 8.78 Å². The molecule has 108 valence electrons. The molecule has 3 heteroatoms. The Bertz CT molecular complexity index is 628. The lowest BCUT2D eigenvalue weighted by Crippen LogP contribution is -2.11. The largest absolute Gasteiger partial charge is 0.204 e. The first-order valence-corrected chi connectivity index (χ1v) is 7.72. The molecule has 0 spiro atoms. The lowest BCUT2D eigenvalue weighted by atomic mass is 9.83. The van der Waals surface area contributed by atoms with Gasteiger partial charge in [0.2, 0.25) is 0 Å². The summed E-state index contributed by atoms with van der Waals surface area (Å²) in [5.74, 6) is -0.864. The van der Waals surface area contributed by atoms with E-state index in [0.29, 0.717) is 16.9 Å². The first-order chi connectivity index (χ1) is 10.2. The van der Waals surface area contributed by atoms with Crippen LogP contribution in [0.15, 0.2) is 36.4 Å². The Balaban J connectivity index is 1.89. The minimum atomic E-state index is -0.750. The van der Waals surface area contributed by atoms with Crippen molar-refractivity contribution in [2.24, 2.45) is 0 Å². The number of hydrogen-bond acceptors (Lipinski definition) is 0.